The molecule has 0 amide bonds. The largest absolute Gasteiger partial charge is 0.400 e. The fraction of sp³-hybridized carbons (Fsp3) is 0.464. The summed E-state index contributed by atoms with van der Waals surface area (Å²) in [6.07, 6.45) is 6.06. The molecule has 0 N–H and O–H groups in total. The van der Waals surface area contributed by atoms with Gasteiger partial charge in [-0.2, -0.15) is 0 Å². The Kier molecular flexibility index (Phi) is 7.48. The maximum atomic E-state index is 10.9. The van der Waals surface area contributed by atoms with Gasteiger partial charge in [0, 0.05) is 19.4 Å². The van der Waals surface area contributed by atoms with Gasteiger partial charge in [-0.05, 0) is 47.0 Å². The van der Waals surface area contributed by atoms with Gasteiger partial charge in [-0.1, -0.05) is 81.4 Å². The molecule has 1 heterocycles. The maximum absolute atomic E-state index is 10.9. The molecular weight excluding hydrogens is 438 g/mol. The van der Waals surface area contributed by atoms with Crippen molar-refractivity contribution in [3.8, 4) is 0 Å². The number of aldehydes is 1. The van der Waals surface area contributed by atoms with Gasteiger partial charge in [0.15, 0.2) is 5.82 Å². The molecule has 0 bridgehead atoms. The van der Waals surface area contributed by atoms with Gasteiger partial charge in [0.05, 0.1) is 6.61 Å². The lowest BCUT2D eigenvalue weighted by Crippen LogP contribution is -2.66. The van der Waals surface area contributed by atoms with Crippen molar-refractivity contribution in [1.82, 2.24) is 14.8 Å². The van der Waals surface area contributed by atoms with E-state index in [-0.39, 0.29) is 5.04 Å². The van der Waals surface area contributed by atoms with Gasteiger partial charge in [0.2, 0.25) is 0 Å². The quantitative estimate of drug-likeness (QED) is 0.348. The summed E-state index contributed by atoms with van der Waals surface area (Å²) in [5.74, 6) is 2.85. The number of hydrogen-bond acceptors (Lipinski definition) is 4. The molecule has 0 spiro atoms. The number of carbonyl (C=O) groups is 1. The molecule has 180 valence electrons. The summed E-state index contributed by atoms with van der Waals surface area (Å²) >= 11 is 0. The highest BCUT2D eigenvalue weighted by Crippen LogP contribution is 2.38. The summed E-state index contributed by atoms with van der Waals surface area (Å²) in [4.78, 5) is 10.9. The van der Waals surface area contributed by atoms with Crippen molar-refractivity contribution in [2.24, 2.45) is 13.0 Å². The maximum Gasteiger partial charge on any atom is 0.261 e. The third-order valence-corrected chi connectivity index (χ3v) is 12.5. The first-order valence-electron chi connectivity index (χ1n) is 12.4. The zero-order valence-corrected chi connectivity index (χ0v) is 21.9. The summed E-state index contributed by atoms with van der Waals surface area (Å²) in [6, 6.07) is 21.4. The number of rotatable bonds is 8. The molecule has 1 aliphatic carbocycles. The molecule has 1 saturated carbocycles. The van der Waals surface area contributed by atoms with E-state index in [4.69, 9.17) is 4.43 Å². The van der Waals surface area contributed by atoms with E-state index >= 15 is 0 Å². The second kappa shape index (κ2) is 10.4. The van der Waals surface area contributed by atoms with Crippen LogP contribution in [0.15, 0.2) is 60.7 Å². The number of benzene rings is 2. The Morgan fingerprint density at radius 1 is 0.941 bits per heavy atom. The standard InChI is InChI=1S/C28H37N3O2Si/c1-28(2,3)34(24-11-7-5-8-12-24,25-13-9-6-10-14-25)33-21-26-29-30-27(31(26)4)23-17-15-22(16-18-23)19-20-32/h5-14,20,22-23H,15-19,21H2,1-4H3. The first kappa shape index (κ1) is 24.5. The Hall–Kier alpha value is -2.57. The van der Waals surface area contributed by atoms with Gasteiger partial charge in [-0.15, -0.1) is 10.2 Å². The Labute approximate surface area is 204 Å². The van der Waals surface area contributed by atoms with Gasteiger partial charge >= 0.3 is 0 Å². The van der Waals surface area contributed by atoms with Crippen LogP contribution >= 0.6 is 0 Å². The van der Waals surface area contributed by atoms with Gasteiger partial charge in [-0.25, -0.2) is 0 Å². The molecule has 0 aliphatic heterocycles. The smallest absolute Gasteiger partial charge is 0.261 e. The van der Waals surface area contributed by atoms with Gasteiger partial charge in [0.1, 0.15) is 12.1 Å². The van der Waals surface area contributed by atoms with Crippen LogP contribution in [0.3, 0.4) is 0 Å². The minimum Gasteiger partial charge on any atom is -0.400 e. The molecule has 1 aromatic heterocycles. The van der Waals surface area contributed by atoms with Crippen LogP contribution in [-0.2, 0) is 22.9 Å². The highest BCUT2D eigenvalue weighted by molar-refractivity contribution is 6.99. The lowest BCUT2D eigenvalue weighted by atomic mass is 9.80. The Balaban J connectivity index is 1.62. The molecule has 1 aliphatic rings. The van der Waals surface area contributed by atoms with Crippen LogP contribution in [0.5, 0.6) is 0 Å². The van der Waals surface area contributed by atoms with E-state index in [1.54, 1.807) is 0 Å². The number of nitrogens with zero attached hydrogens (tertiary/aromatic N) is 3. The van der Waals surface area contributed by atoms with Crippen molar-refractivity contribution in [2.45, 2.75) is 70.4 Å². The zero-order valence-electron chi connectivity index (χ0n) is 20.9. The molecule has 1 fully saturated rings. The highest BCUT2D eigenvalue weighted by atomic mass is 28.4. The summed E-state index contributed by atoms with van der Waals surface area (Å²) < 4.78 is 9.20. The minimum atomic E-state index is -2.62. The Morgan fingerprint density at radius 2 is 1.50 bits per heavy atom. The third-order valence-electron chi connectivity index (χ3n) is 7.47. The van der Waals surface area contributed by atoms with E-state index in [1.165, 1.54) is 10.4 Å². The fourth-order valence-corrected chi connectivity index (χ4v) is 10.1. The van der Waals surface area contributed by atoms with Gasteiger partial charge in [0.25, 0.3) is 8.32 Å². The van der Waals surface area contributed by atoms with Gasteiger partial charge < -0.3 is 13.8 Å². The van der Waals surface area contributed by atoms with Crippen molar-refractivity contribution < 1.29 is 9.22 Å². The summed E-state index contributed by atoms with van der Waals surface area (Å²) in [5.41, 5.74) is 0. The Bertz CT molecular complexity index is 1030. The molecule has 4 rings (SSSR count). The fourth-order valence-electron chi connectivity index (χ4n) is 5.58. The SMILES string of the molecule is Cn1c(CO[Si](c2ccccc2)(c2ccccc2)C(C)(C)C)nnc1C1CCC(CC=O)CC1. The first-order valence-corrected chi connectivity index (χ1v) is 14.3. The van der Waals surface area contributed by atoms with Crippen molar-refractivity contribution in [1.29, 1.82) is 0 Å². The third kappa shape index (κ3) is 4.79. The molecule has 34 heavy (non-hydrogen) atoms. The normalized spacial score (nSPS) is 19.2. The monoisotopic (exact) mass is 475 g/mol. The predicted molar refractivity (Wildman–Crippen MR) is 139 cm³/mol. The van der Waals surface area contributed by atoms with Crippen LogP contribution in [-0.4, -0.2) is 29.4 Å². The van der Waals surface area contributed by atoms with Crippen LogP contribution in [0.1, 0.15) is 70.4 Å². The van der Waals surface area contributed by atoms with Crippen LogP contribution < -0.4 is 10.4 Å². The topological polar surface area (TPSA) is 57.0 Å². The van der Waals surface area contributed by atoms with Crippen molar-refractivity contribution in [3.05, 3.63) is 72.3 Å². The van der Waals surface area contributed by atoms with Crippen LogP contribution in [0.25, 0.3) is 0 Å². The van der Waals surface area contributed by atoms with Gasteiger partial charge in [-0.3, -0.25) is 0 Å². The molecule has 3 aromatic rings. The lowest BCUT2D eigenvalue weighted by Gasteiger charge is -2.42. The molecular formula is C28H37N3O2Si. The average Bonchev–Trinajstić information content (AvgIpc) is 3.21. The molecule has 0 radical (unpaired) electrons. The second-order valence-electron chi connectivity index (χ2n) is 10.6. The van der Waals surface area contributed by atoms with E-state index in [2.05, 4.69) is 103 Å². The molecule has 6 heteroatoms. The molecule has 0 saturated heterocycles. The predicted octanol–water partition coefficient (Wildman–Crippen LogP) is 4.75. The number of carbonyl (C=O) groups excluding carboxylic acids is 1. The summed E-state index contributed by atoms with van der Waals surface area (Å²) in [6.45, 7) is 7.30. The molecule has 5 nitrogen and oxygen atoms in total. The van der Waals surface area contributed by atoms with E-state index in [0.717, 1.165) is 43.6 Å². The highest BCUT2D eigenvalue weighted by Gasteiger charge is 2.50. The number of aromatic nitrogens is 3. The van der Waals surface area contributed by atoms with E-state index < -0.39 is 8.32 Å². The molecule has 0 atom stereocenters. The van der Waals surface area contributed by atoms with E-state index in [1.807, 2.05) is 0 Å². The zero-order chi connectivity index (χ0) is 24.2. The van der Waals surface area contributed by atoms with E-state index in [9.17, 15) is 4.79 Å². The second-order valence-corrected chi connectivity index (χ2v) is 14.9. The molecule has 2 aromatic carbocycles. The lowest BCUT2D eigenvalue weighted by molar-refractivity contribution is -0.108. The first-order chi connectivity index (χ1) is 16.4. The van der Waals surface area contributed by atoms with Crippen LogP contribution in [0.2, 0.25) is 5.04 Å². The van der Waals surface area contributed by atoms with Crippen LogP contribution in [0, 0.1) is 5.92 Å². The summed E-state index contributed by atoms with van der Waals surface area (Å²) in [7, 11) is -0.551. The Morgan fingerprint density at radius 3 is 2.00 bits per heavy atom. The van der Waals surface area contributed by atoms with Crippen molar-refractivity contribution in [2.75, 3.05) is 0 Å². The molecule has 0 unspecified atom stereocenters. The average molecular weight is 476 g/mol. The number of hydrogen-bond donors (Lipinski definition) is 0. The summed E-state index contributed by atoms with van der Waals surface area (Å²) in [5, 5.41) is 11.6. The minimum absolute atomic E-state index is 0.0753. The van der Waals surface area contributed by atoms with Crippen molar-refractivity contribution in [3.63, 3.8) is 0 Å². The van der Waals surface area contributed by atoms with Crippen LogP contribution in [0.4, 0.5) is 0 Å². The van der Waals surface area contributed by atoms with E-state index in [0.29, 0.717) is 24.9 Å². The van der Waals surface area contributed by atoms with Crippen molar-refractivity contribution >= 4 is 25.0 Å².